The zero-order valence-electron chi connectivity index (χ0n) is 18.6. The Morgan fingerprint density at radius 3 is 2.59 bits per heavy atom. The molecule has 0 amide bonds. The van der Waals surface area contributed by atoms with Crippen molar-refractivity contribution in [1.29, 1.82) is 0 Å². The van der Waals surface area contributed by atoms with Crippen molar-refractivity contribution in [1.82, 2.24) is 4.98 Å². The number of aliphatic hydroxyl groups is 1. The zero-order valence-corrected chi connectivity index (χ0v) is 19.4. The summed E-state index contributed by atoms with van der Waals surface area (Å²) < 4.78 is 0. The van der Waals surface area contributed by atoms with Crippen molar-refractivity contribution in [2.45, 2.75) is 85.2 Å². The molecule has 1 aromatic heterocycles. The van der Waals surface area contributed by atoms with Crippen LogP contribution in [0.25, 0.3) is 5.57 Å². The Hall–Kier alpha value is -0.930. The molecule has 2 fully saturated rings. The number of hydrogen-bond donors (Lipinski definition) is 1. The molecule has 1 N–H and O–H groups in total. The van der Waals surface area contributed by atoms with Crippen molar-refractivity contribution in [3.8, 4) is 0 Å². The summed E-state index contributed by atoms with van der Waals surface area (Å²) in [4.78, 5) is 4.78. The Bertz CT molecular complexity index is 839. The average Bonchev–Trinajstić information content (AvgIpc) is 3.32. The van der Waals surface area contributed by atoms with Gasteiger partial charge in [0, 0.05) is 5.38 Å². The van der Waals surface area contributed by atoms with Crippen LogP contribution >= 0.6 is 11.3 Å². The maximum Gasteiger partial charge on any atom is 0.0798 e. The third kappa shape index (κ3) is 2.79. The molecule has 0 aliphatic heterocycles. The van der Waals surface area contributed by atoms with E-state index in [-0.39, 0.29) is 11.5 Å². The van der Waals surface area contributed by atoms with Gasteiger partial charge in [-0.25, -0.2) is 4.98 Å². The molecule has 3 heteroatoms. The molecule has 0 saturated heterocycles. The van der Waals surface area contributed by atoms with Crippen LogP contribution in [0, 0.1) is 34.5 Å². The Labute approximate surface area is 180 Å². The van der Waals surface area contributed by atoms with Gasteiger partial charge in [0.1, 0.15) is 0 Å². The van der Waals surface area contributed by atoms with E-state index >= 15 is 0 Å². The molecule has 29 heavy (non-hydrogen) atoms. The second kappa shape index (κ2) is 7.05. The zero-order chi connectivity index (χ0) is 20.4. The van der Waals surface area contributed by atoms with Gasteiger partial charge in [0.05, 0.1) is 17.3 Å². The van der Waals surface area contributed by atoms with E-state index in [1.165, 1.54) is 37.8 Å². The summed E-state index contributed by atoms with van der Waals surface area (Å²) in [6.07, 6.45) is 11.9. The molecule has 1 aromatic rings. The Balaban J connectivity index is 1.58. The molecule has 4 aliphatic rings. The largest absolute Gasteiger partial charge is 0.393 e. The van der Waals surface area contributed by atoms with Gasteiger partial charge in [-0.2, -0.15) is 0 Å². The highest BCUT2D eigenvalue weighted by molar-refractivity contribution is 7.07. The van der Waals surface area contributed by atoms with Crippen molar-refractivity contribution < 1.29 is 5.11 Å². The maximum absolute atomic E-state index is 10.4. The van der Waals surface area contributed by atoms with Crippen LogP contribution in [0.2, 0.25) is 0 Å². The summed E-state index contributed by atoms with van der Waals surface area (Å²) in [6.45, 7) is 9.85. The Morgan fingerprint density at radius 1 is 1.10 bits per heavy atom. The van der Waals surface area contributed by atoms with Crippen molar-refractivity contribution >= 4 is 16.9 Å². The summed E-state index contributed by atoms with van der Waals surface area (Å²) in [7, 11) is 0. The van der Waals surface area contributed by atoms with E-state index in [9.17, 15) is 5.11 Å². The van der Waals surface area contributed by atoms with Gasteiger partial charge in [0.25, 0.3) is 0 Å². The lowest BCUT2D eigenvalue weighted by Gasteiger charge is -2.59. The van der Waals surface area contributed by atoms with Crippen LogP contribution in [0.15, 0.2) is 28.1 Å². The molecule has 4 aliphatic carbocycles. The molecule has 0 unspecified atom stereocenters. The summed E-state index contributed by atoms with van der Waals surface area (Å²) >= 11 is 1.74. The predicted molar refractivity (Wildman–Crippen MR) is 122 cm³/mol. The van der Waals surface area contributed by atoms with E-state index < -0.39 is 0 Å². The minimum atomic E-state index is -0.117. The van der Waals surface area contributed by atoms with Gasteiger partial charge in [-0.3, -0.25) is 0 Å². The molecule has 2 saturated carbocycles. The third-order valence-corrected chi connectivity index (χ3v) is 10.2. The van der Waals surface area contributed by atoms with Crippen LogP contribution < -0.4 is 0 Å². The van der Waals surface area contributed by atoms with E-state index in [0.29, 0.717) is 11.3 Å². The average molecular weight is 412 g/mol. The standard InChI is InChI=1S/C26H37NOS/c1-5-16-11-18-13-19(28)7-9-25(18,3)20-8-10-26(4)21(23(16)20)12-17(6-2)24(26)22-14-29-15-27-22/h11,14-16,19-21,23,28H,5-10,12-13H2,1-4H3/t16-,19-,20-,21-,23+,25-,26-/m0/s1. The minimum absolute atomic E-state index is 0.117. The first-order chi connectivity index (χ1) is 13.9. The lowest BCUT2D eigenvalue weighted by atomic mass is 9.45. The highest BCUT2D eigenvalue weighted by Gasteiger charge is 2.59. The number of fused-ring (bicyclic) bond motifs is 5. The van der Waals surface area contributed by atoms with Crippen LogP contribution in [0.3, 0.4) is 0 Å². The summed E-state index contributed by atoms with van der Waals surface area (Å²) in [5, 5.41) is 12.6. The quantitative estimate of drug-likeness (QED) is 0.550. The first-order valence-electron chi connectivity index (χ1n) is 11.9. The van der Waals surface area contributed by atoms with E-state index in [2.05, 4.69) is 39.2 Å². The number of nitrogens with zero attached hydrogens (tertiary/aromatic N) is 1. The summed E-state index contributed by atoms with van der Waals surface area (Å²) in [6, 6.07) is 0. The molecule has 0 spiro atoms. The second-order valence-corrected chi connectivity index (χ2v) is 11.5. The first kappa shape index (κ1) is 20.0. The highest BCUT2D eigenvalue weighted by atomic mass is 32.1. The number of allylic oxidation sites excluding steroid dienone is 3. The van der Waals surface area contributed by atoms with Crippen LogP contribution in [0.1, 0.15) is 84.8 Å². The molecular formula is C26H37NOS. The fourth-order valence-electron chi connectivity index (χ4n) is 8.11. The third-order valence-electron chi connectivity index (χ3n) is 9.61. The number of aliphatic hydroxyl groups excluding tert-OH is 1. The number of aromatic nitrogens is 1. The first-order valence-corrected chi connectivity index (χ1v) is 12.9. The Kier molecular flexibility index (Phi) is 4.86. The smallest absolute Gasteiger partial charge is 0.0798 e. The van der Waals surface area contributed by atoms with Crippen LogP contribution in [0.4, 0.5) is 0 Å². The summed E-state index contributed by atoms with van der Waals surface area (Å²) in [5.74, 6) is 2.98. The lowest BCUT2D eigenvalue weighted by molar-refractivity contribution is -0.0468. The van der Waals surface area contributed by atoms with Crippen molar-refractivity contribution in [3.63, 3.8) is 0 Å². The van der Waals surface area contributed by atoms with Gasteiger partial charge >= 0.3 is 0 Å². The summed E-state index contributed by atoms with van der Waals surface area (Å²) in [5.41, 5.74) is 8.75. The Morgan fingerprint density at radius 2 is 1.90 bits per heavy atom. The molecule has 158 valence electrons. The number of rotatable bonds is 3. The van der Waals surface area contributed by atoms with Gasteiger partial charge < -0.3 is 5.11 Å². The van der Waals surface area contributed by atoms with E-state index in [0.717, 1.165) is 37.0 Å². The number of thiazole rings is 1. The second-order valence-electron chi connectivity index (χ2n) is 10.7. The molecular weight excluding hydrogens is 374 g/mol. The van der Waals surface area contributed by atoms with Crippen molar-refractivity contribution in [2.24, 2.45) is 34.5 Å². The lowest BCUT2D eigenvalue weighted by Crippen LogP contribution is -2.52. The van der Waals surface area contributed by atoms with Gasteiger partial charge in [-0.05, 0) is 91.4 Å². The normalized spacial score (nSPS) is 44.2. The van der Waals surface area contributed by atoms with Crippen LogP contribution in [-0.2, 0) is 0 Å². The maximum atomic E-state index is 10.4. The predicted octanol–water partition coefficient (Wildman–Crippen LogP) is 6.88. The molecule has 5 rings (SSSR count). The molecule has 2 nitrogen and oxygen atoms in total. The fourth-order valence-corrected chi connectivity index (χ4v) is 8.65. The highest BCUT2D eigenvalue weighted by Crippen LogP contribution is 2.68. The molecule has 0 aromatic carbocycles. The van der Waals surface area contributed by atoms with Gasteiger partial charge in [0.2, 0.25) is 0 Å². The van der Waals surface area contributed by atoms with E-state index in [1.54, 1.807) is 28.1 Å². The molecule has 7 atom stereocenters. The molecule has 1 heterocycles. The van der Waals surface area contributed by atoms with Crippen molar-refractivity contribution in [2.75, 3.05) is 0 Å². The fraction of sp³-hybridized carbons (Fsp3) is 0.731. The monoisotopic (exact) mass is 411 g/mol. The van der Waals surface area contributed by atoms with Gasteiger partial charge in [-0.15, -0.1) is 11.3 Å². The van der Waals surface area contributed by atoms with E-state index in [4.69, 9.17) is 4.98 Å². The topological polar surface area (TPSA) is 33.1 Å². The van der Waals surface area contributed by atoms with Gasteiger partial charge in [0.15, 0.2) is 0 Å². The molecule has 0 bridgehead atoms. The molecule has 0 radical (unpaired) electrons. The van der Waals surface area contributed by atoms with E-state index in [1.807, 2.05) is 5.51 Å². The van der Waals surface area contributed by atoms with Crippen molar-refractivity contribution in [3.05, 3.63) is 33.8 Å². The number of hydrogen-bond acceptors (Lipinski definition) is 3. The van der Waals surface area contributed by atoms with Gasteiger partial charge in [-0.1, -0.05) is 44.9 Å². The van der Waals surface area contributed by atoms with Crippen LogP contribution in [0.5, 0.6) is 0 Å². The minimum Gasteiger partial charge on any atom is -0.393 e. The SMILES string of the molecule is CCC1=C(c2cscn2)[C@@]2(C)CC[C@H]3[C@@H]([C@@H](CC)C=C4C[C@@H](O)CC[C@@]43C)[C@@H]2C1. The van der Waals surface area contributed by atoms with Crippen LogP contribution in [-0.4, -0.2) is 16.2 Å².